The maximum absolute atomic E-state index is 12.4. The van der Waals surface area contributed by atoms with Crippen molar-refractivity contribution in [3.8, 4) is 5.75 Å². The molecule has 1 atom stereocenters. The minimum Gasteiger partial charge on any atom is -0.496 e. The van der Waals surface area contributed by atoms with Gasteiger partial charge in [0.2, 0.25) is 5.91 Å². The number of nitrogens with zero attached hydrogens (tertiary/aromatic N) is 1. The minimum atomic E-state index is -2.99. The Labute approximate surface area is 137 Å². The second-order valence-electron chi connectivity index (χ2n) is 5.65. The third-order valence-corrected chi connectivity index (χ3v) is 5.84. The van der Waals surface area contributed by atoms with Crippen molar-refractivity contribution >= 4 is 15.7 Å². The van der Waals surface area contributed by atoms with E-state index in [1.54, 1.807) is 12.0 Å². The summed E-state index contributed by atoms with van der Waals surface area (Å²) in [4.78, 5) is 14.0. The first kappa shape index (κ1) is 17.7. The molecular weight excluding hydrogens is 316 g/mol. The summed E-state index contributed by atoms with van der Waals surface area (Å²) >= 11 is 0. The summed E-state index contributed by atoms with van der Waals surface area (Å²) in [5.74, 6) is 0.973. The maximum Gasteiger partial charge on any atom is 0.236 e. The molecule has 0 spiro atoms. The average Bonchev–Trinajstić information content (AvgIpc) is 2.88. The molecule has 1 heterocycles. The molecule has 0 aliphatic carbocycles. The van der Waals surface area contributed by atoms with E-state index in [0.717, 1.165) is 11.3 Å². The van der Waals surface area contributed by atoms with Gasteiger partial charge < -0.3 is 15.0 Å². The predicted octanol–water partition coefficient (Wildman–Crippen LogP) is 0.820. The van der Waals surface area contributed by atoms with Crippen LogP contribution in [-0.4, -0.2) is 57.0 Å². The largest absolute Gasteiger partial charge is 0.496 e. The van der Waals surface area contributed by atoms with Crippen molar-refractivity contribution in [2.24, 2.45) is 0 Å². The number of para-hydroxylation sites is 1. The molecule has 1 aliphatic rings. The number of hydrogen-bond donors (Lipinski definition) is 1. The van der Waals surface area contributed by atoms with Crippen LogP contribution >= 0.6 is 0 Å². The standard InChI is InChI=1S/C16H24N2O4S/c1-3-18(14-8-9-23(20,21)12-14)16(19)11-17-10-13-6-4-5-7-15(13)22-2/h4-7,14,17H,3,8-12H2,1-2H3. The number of benzene rings is 1. The monoisotopic (exact) mass is 340 g/mol. The first-order valence-corrected chi connectivity index (χ1v) is 9.61. The molecule has 1 fully saturated rings. The number of sulfone groups is 1. The van der Waals surface area contributed by atoms with Crippen molar-refractivity contribution in [3.05, 3.63) is 29.8 Å². The predicted molar refractivity (Wildman–Crippen MR) is 89.1 cm³/mol. The van der Waals surface area contributed by atoms with Crippen LogP contribution < -0.4 is 10.1 Å². The van der Waals surface area contributed by atoms with Crippen molar-refractivity contribution < 1.29 is 17.9 Å². The molecule has 1 aliphatic heterocycles. The Morgan fingerprint density at radius 2 is 2.13 bits per heavy atom. The van der Waals surface area contributed by atoms with Crippen LogP contribution in [0.5, 0.6) is 5.75 Å². The summed E-state index contributed by atoms with van der Waals surface area (Å²) in [7, 11) is -1.37. The molecular formula is C16H24N2O4S. The quantitative estimate of drug-likeness (QED) is 0.795. The van der Waals surface area contributed by atoms with Gasteiger partial charge in [-0.15, -0.1) is 0 Å². The number of carbonyl (C=O) groups is 1. The number of methoxy groups -OCH3 is 1. The van der Waals surface area contributed by atoms with Crippen molar-refractivity contribution in [1.29, 1.82) is 0 Å². The summed E-state index contributed by atoms with van der Waals surface area (Å²) in [6, 6.07) is 7.44. The zero-order valence-corrected chi connectivity index (χ0v) is 14.4. The Hall–Kier alpha value is -1.60. The molecule has 0 saturated carbocycles. The van der Waals surface area contributed by atoms with E-state index in [1.165, 1.54) is 0 Å². The highest BCUT2D eigenvalue weighted by Gasteiger charge is 2.33. The number of hydrogen-bond acceptors (Lipinski definition) is 5. The molecule has 1 saturated heterocycles. The molecule has 1 unspecified atom stereocenters. The van der Waals surface area contributed by atoms with Gasteiger partial charge in [-0.2, -0.15) is 0 Å². The molecule has 128 valence electrons. The number of amides is 1. The fourth-order valence-corrected chi connectivity index (χ4v) is 4.64. The van der Waals surface area contributed by atoms with E-state index in [-0.39, 0.29) is 30.0 Å². The van der Waals surface area contributed by atoms with E-state index in [9.17, 15) is 13.2 Å². The van der Waals surface area contributed by atoms with E-state index in [2.05, 4.69) is 5.32 Å². The van der Waals surface area contributed by atoms with E-state index in [4.69, 9.17) is 4.74 Å². The van der Waals surface area contributed by atoms with E-state index in [0.29, 0.717) is 19.5 Å². The maximum atomic E-state index is 12.4. The van der Waals surface area contributed by atoms with Gasteiger partial charge in [0, 0.05) is 24.7 Å². The van der Waals surface area contributed by atoms with E-state index >= 15 is 0 Å². The van der Waals surface area contributed by atoms with Gasteiger partial charge in [0.25, 0.3) is 0 Å². The van der Waals surface area contributed by atoms with E-state index in [1.807, 2.05) is 31.2 Å². The number of ether oxygens (including phenoxy) is 1. The van der Waals surface area contributed by atoms with Gasteiger partial charge in [0.1, 0.15) is 5.75 Å². The zero-order chi connectivity index (χ0) is 16.9. The molecule has 1 amide bonds. The molecule has 23 heavy (non-hydrogen) atoms. The molecule has 0 aromatic heterocycles. The van der Waals surface area contributed by atoms with Gasteiger partial charge in [-0.3, -0.25) is 4.79 Å². The zero-order valence-electron chi connectivity index (χ0n) is 13.6. The topological polar surface area (TPSA) is 75.7 Å². The summed E-state index contributed by atoms with van der Waals surface area (Å²) in [6.45, 7) is 3.11. The van der Waals surface area contributed by atoms with Crippen molar-refractivity contribution in [2.45, 2.75) is 25.9 Å². The second kappa shape index (κ2) is 7.79. The second-order valence-corrected chi connectivity index (χ2v) is 7.88. The van der Waals surface area contributed by atoms with Crippen molar-refractivity contribution in [1.82, 2.24) is 10.2 Å². The molecule has 1 aromatic carbocycles. The SMILES string of the molecule is CCN(C(=O)CNCc1ccccc1OC)C1CCS(=O)(=O)C1. The molecule has 2 rings (SSSR count). The Balaban J connectivity index is 1.88. The van der Waals surface area contributed by atoms with Crippen LogP contribution in [0.2, 0.25) is 0 Å². The lowest BCUT2D eigenvalue weighted by Gasteiger charge is -2.27. The Morgan fingerprint density at radius 1 is 1.39 bits per heavy atom. The molecule has 0 bridgehead atoms. The number of rotatable bonds is 7. The summed E-state index contributed by atoms with van der Waals surface area (Å²) in [6.07, 6.45) is 0.536. The van der Waals surface area contributed by atoms with Gasteiger partial charge in [-0.25, -0.2) is 8.42 Å². The van der Waals surface area contributed by atoms with Crippen LogP contribution in [0, 0.1) is 0 Å². The highest BCUT2D eigenvalue weighted by Crippen LogP contribution is 2.18. The summed E-state index contributed by atoms with van der Waals surface area (Å²) in [5.41, 5.74) is 0.981. The number of nitrogens with one attached hydrogen (secondary N) is 1. The van der Waals surface area contributed by atoms with Crippen molar-refractivity contribution in [3.63, 3.8) is 0 Å². The lowest BCUT2D eigenvalue weighted by atomic mass is 10.2. The number of carbonyl (C=O) groups excluding carboxylic acids is 1. The van der Waals surface area contributed by atoms with Crippen molar-refractivity contribution in [2.75, 3.05) is 31.7 Å². The summed E-state index contributed by atoms with van der Waals surface area (Å²) < 4.78 is 28.4. The lowest BCUT2D eigenvalue weighted by Crippen LogP contribution is -2.45. The summed E-state index contributed by atoms with van der Waals surface area (Å²) in [5, 5.41) is 3.11. The van der Waals surface area contributed by atoms with Gasteiger partial charge >= 0.3 is 0 Å². The van der Waals surface area contributed by atoms with Gasteiger partial charge in [-0.1, -0.05) is 18.2 Å². The fourth-order valence-electron chi connectivity index (χ4n) is 2.91. The van der Waals surface area contributed by atoms with Crippen LogP contribution in [0.1, 0.15) is 18.9 Å². The van der Waals surface area contributed by atoms with Gasteiger partial charge in [0.05, 0.1) is 25.2 Å². The number of likely N-dealkylation sites (N-methyl/N-ethyl adjacent to an activating group) is 1. The fraction of sp³-hybridized carbons (Fsp3) is 0.562. The minimum absolute atomic E-state index is 0.0653. The van der Waals surface area contributed by atoms with Gasteiger partial charge in [0.15, 0.2) is 9.84 Å². The first-order chi connectivity index (χ1) is 11.0. The Morgan fingerprint density at radius 3 is 2.74 bits per heavy atom. The molecule has 7 heteroatoms. The molecule has 0 radical (unpaired) electrons. The Bertz CT molecular complexity index is 645. The highest BCUT2D eigenvalue weighted by molar-refractivity contribution is 7.91. The average molecular weight is 340 g/mol. The van der Waals surface area contributed by atoms with Crippen LogP contribution in [0.15, 0.2) is 24.3 Å². The molecule has 1 N–H and O–H groups in total. The van der Waals surface area contributed by atoms with Crippen LogP contribution in [-0.2, 0) is 21.2 Å². The smallest absolute Gasteiger partial charge is 0.236 e. The van der Waals surface area contributed by atoms with Crippen LogP contribution in [0.4, 0.5) is 0 Å². The third kappa shape index (κ3) is 4.68. The van der Waals surface area contributed by atoms with E-state index < -0.39 is 9.84 Å². The Kier molecular flexibility index (Phi) is 6.01. The lowest BCUT2D eigenvalue weighted by molar-refractivity contribution is -0.131. The molecule has 6 nitrogen and oxygen atoms in total. The molecule has 1 aromatic rings. The van der Waals surface area contributed by atoms with Crippen LogP contribution in [0.3, 0.4) is 0 Å². The van der Waals surface area contributed by atoms with Gasteiger partial charge in [-0.05, 0) is 19.4 Å². The first-order valence-electron chi connectivity index (χ1n) is 7.79. The van der Waals surface area contributed by atoms with Crippen LogP contribution in [0.25, 0.3) is 0 Å². The normalized spacial score (nSPS) is 19.5. The third-order valence-electron chi connectivity index (χ3n) is 4.09. The highest BCUT2D eigenvalue weighted by atomic mass is 32.2.